The van der Waals surface area contributed by atoms with Crippen molar-refractivity contribution in [3.63, 3.8) is 0 Å². The number of nitrogens with one attached hydrogen (secondary N) is 1. The summed E-state index contributed by atoms with van der Waals surface area (Å²) in [7, 11) is 0. The third-order valence-electron chi connectivity index (χ3n) is 4.31. The highest BCUT2D eigenvalue weighted by Crippen LogP contribution is 2.27. The average Bonchev–Trinajstić information content (AvgIpc) is 2.71. The van der Waals surface area contributed by atoms with E-state index in [9.17, 15) is 19.7 Å². The Labute approximate surface area is 166 Å². The zero-order chi connectivity index (χ0) is 20.8. The number of anilines is 1. The quantitative estimate of drug-likeness (QED) is 0.487. The van der Waals surface area contributed by atoms with Gasteiger partial charge in [0.2, 0.25) is 5.91 Å². The number of pyridine rings is 1. The molecule has 3 rings (SSSR count). The summed E-state index contributed by atoms with van der Waals surface area (Å²) in [5.41, 5.74) is 1.77. The van der Waals surface area contributed by atoms with Gasteiger partial charge in [0.25, 0.3) is 11.2 Å². The van der Waals surface area contributed by atoms with Gasteiger partial charge in [-0.2, -0.15) is 5.10 Å². The predicted molar refractivity (Wildman–Crippen MR) is 107 cm³/mol. The van der Waals surface area contributed by atoms with Crippen molar-refractivity contribution >= 4 is 17.3 Å². The number of carbonyl (C=O) groups excluding carboxylic acids is 1. The van der Waals surface area contributed by atoms with Crippen LogP contribution < -0.4 is 10.9 Å². The molecule has 0 atom stereocenters. The summed E-state index contributed by atoms with van der Waals surface area (Å²) in [5.74, 6) is -0.362. The fraction of sp³-hybridized carbons (Fsp3) is 0.200. The maximum atomic E-state index is 12.3. The molecule has 0 unspecified atom stereocenters. The molecule has 1 aromatic carbocycles. The lowest BCUT2D eigenvalue weighted by Crippen LogP contribution is -2.23. The molecule has 0 aliphatic carbocycles. The molecule has 2 aromatic heterocycles. The Bertz CT molecular complexity index is 1100. The first kappa shape index (κ1) is 19.9. The Morgan fingerprint density at radius 3 is 2.76 bits per heavy atom. The Morgan fingerprint density at radius 1 is 1.21 bits per heavy atom. The molecule has 29 heavy (non-hydrogen) atoms. The normalized spacial score (nSPS) is 10.5. The maximum Gasteiger partial charge on any atom is 0.293 e. The summed E-state index contributed by atoms with van der Waals surface area (Å²) in [4.78, 5) is 38.9. The van der Waals surface area contributed by atoms with Gasteiger partial charge in [-0.15, -0.1) is 0 Å². The number of hydrogen-bond acceptors (Lipinski definition) is 6. The van der Waals surface area contributed by atoms with E-state index in [1.165, 1.54) is 16.8 Å². The van der Waals surface area contributed by atoms with Crippen LogP contribution in [0.4, 0.5) is 11.4 Å². The molecular formula is C20H19N5O4. The van der Waals surface area contributed by atoms with Crippen molar-refractivity contribution in [3.05, 3.63) is 80.9 Å². The zero-order valence-electron chi connectivity index (χ0n) is 15.7. The van der Waals surface area contributed by atoms with Gasteiger partial charge in [0, 0.05) is 43.1 Å². The highest BCUT2D eigenvalue weighted by atomic mass is 16.6. The van der Waals surface area contributed by atoms with Crippen LogP contribution >= 0.6 is 0 Å². The molecule has 0 radical (unpaired) electrons. The number of carbonyl (C=O) groups is 1. The number of amides is 1. The number of hydrogen-bond donors (Lipinski definition) is 1. The first-order valence-corrected chi connectivity index (χ1v) is 8.98. The van der Waals surface area contributed by atoms with Gasteiger partial charge in [0.05, 0.1) is 10.6 Å². The fourth-order valence-corrected chi connectivity index (χ4v) is 2.84. The van der Waals surface area contributed by atoms with E-state index < -0.39 is 4.92 Å². The summed E-state index contributed by atoms with van der Waals surface area (Å²) in [6.07, 6.45) is 3.75. The van der Waals surface area contributed by atoms with E-state index in [-0.39, 0.29) is 35.8 Å². The maximum absolute atomic E-state index is 12.3. The first-order chi connectivity index (χ1) is 14.0. The third-order valence-corrected chi connectivity index (χ3v) is 4.31. The van der Waals surface area contributed by atoms with Crippen LogP contribution in [0.1, 0.15) is 18.4 Å². The SMILES string of the molecule is Cc1cccc([N+](=O)[O-])c1NC(=O)CCCn1nc(-c2cccnc2)ccc1=O. The molecular weight excluding hydrogens is 374 g/mol. The Hall–Kier alpha value is -3.88. The molecule has 9 nitrogen and oxygen atoms in total. The number of para-hydroxylation sites is 1. The first-order valence-electron chi connectivity index (χ1n) is 8.98. The van der Waals surface area contributed by atoms with E-state index in [2.05, 4.69) is 15.4 Å². The summed E-state index contributed by atoms with van der Waals surface area (Å²) < 4.78 is 1.30. The summed E-state index contributed by atoms with van der Waals surface area (Å²) in [6.45, 7) is 1.94. The number of rotatable bonds is 7. The van der Waals surface area contributed by atoms with Crippen LogP contribution in [0.5, 0.6) is 0 Å². The Kier molecular flexibility index (Phi) is 6.08. The second-order valence-corrected chi connectivity index (χ2v) is 6.40. The average molecular weight is 393 g/mol. The highest BCUT2D eigenvalue weighted by Gasteiger charge is 2.17. The number of aryl methyl sites for hydroxylation is 2. The van der Waals surface area contributed by atoms with Gasteiger partial charge in [-0.3, -0.25) is 24.7 Å². The third kappa shape index (κ3) is 4.89. The van der Waals surface area contributed by atoms with Crippen molar-refractivity contribution in [3.8, 4) is 11.3 Å². The standard InChI is InChI=1S/C20H19N5O4/c1-14-5-2-7-17(25(28)29)20(14)22-18(26)8-4-12-24-19(27)10-9-16(23-24)15-6-3-11-21-13-15/h2-3,5-7,9-11,13H,4,8,12H2,1H3,(H,22,26). The zero-order valence-corrected chi connectivity index (χ0v) is 15.7. The van der Waals surface area contributed by atoms with Crippen LogP contribution in [0.25, 0.3) is 11.3 Å². The lowest BCUT2D eigenvalue weighted by molar-refractivity contribution is -0.384. The van der Waals surface area contributed by atoms with E-state index in [0.29, 0.717) is 17.7 Å². The minimum Gasteiger partial charge on any atom is -0.320 e. The van der Waals surface area contributed by atoms with E-state index >= 15 is 0 Å². The van der Waals surface area contributed by atoms with Gasteiger partial charge in [-0.1, -0.05) is 12.1 Å². The number of aromatic nitrogens is 3. The van der Waals surface area contributed by atoms with Gasteiger partial charge in [0.15, 0.2) is 0 Å². The smallest absolute Gasteiger partial charge is 0.293 e. The molecule has 148 valence electrons. The van der Waals surface area contributed by atoms with Crippen molar-refractivity contribution < 1.29 is 9.72 Å². The van der Waals surface area contributed by atoms with Crippen molar-refractivity contribution in [2.45, 2.75) is 26.3 Å². The number of benzene rings is 1. The molecule has 0 aliphatic rings. The number of nitro benzene ring substituents is 1. The monoisotopic (exact) mass is 393 g/mol. The van der Waals surface area contributed by atoms with Crippen molar-refractivity contribution in [2.75, 3.05) is 5.32 Å². The van der Waals surface area contributed by atoms with Gasteiger partial charge >= 0.3 is 0 Å². The summed E-state index contributed by atoms with van der Waals surface area (Å²) in [5, 5.41) is 18.1. The van der Waals surface area contributed by atoms with Crippen LogP contribution in [-0.2, 0) is 11.3 Å². The summed E-state index contributed by atoms with van der Waals surface area (Å²) in [6, 6.07) is 11.3. The van der Waals surface area contributed by atoms with Crippen LogP contribution in [-0.4, -0.2) is 25.6 Å². The van der Waals surface area contributed by atoms with E-state index in [4.69, 9.17) is 0 Å². The summed E-state index contributed by atoms with van der Waals surface area (Å²) >= 11 is 0. The predicted octanol–water partition coefficient (Wildman–Crippen LogP) is 2.94. The minimum absolute atomic E-state index is 0.0940. The molecule has 9 heteroatoms. The minimum atomic E-state index is -0.532. The van der Waals surface area contributed by atoms with Crippen LogP contribution in [0, 0.1) is 17.0 Å². The van der Waals surface area contributed by atoms with E-state index in [1.807, 2.05) is 6.07 Å². The highest BCUT2D eigenvalue weighted by molar-refractivity contribution is 5.94. The van der Waals surface area contributed by atoms with Gasteiger partial charge in [-0.05, 0) is 37.1 Å². The number of nitro groups is 1. The Balaban J connectivity index is 1.64. The molecule has 2 heterocycles. The van der Waals surface area contributed by atoms with Gasteiger partial charge < -0.3 is 5.32 Å². The molecule has 1 amide bonds. The molecule has 0 spiro atoms. The van der Waals surface area contributed by atoms with Crippen molar-refractivity contribution in [1.29, 1.82) is 0 Å². The van der Waals surface area contributed by atoms with Crippen molar-refractivity contribution in [1.82, 2.24) is 14.8 Å². The molecule has 0 aliphatic heterocycles. The van der Waals surface area contributed by atoms with Crippen molar-refractivity contribution in [2.24, 2.45) is 0 Å². The molecule has 0 fully saturated rings. The molecule has 0 bridgehead atoms. The van der Waals surface area contributed by atoms with Gasteiger partial charge in [-0.25, -0.2) is 4.68 Å². The molecule has 0 saturated carbocycles. The molecule has 3 aromatic rings. The van der Waals surface area contributed by atoms with Crippen LogP contribution in [0.2, 0.25) is 0 Å². The lowest BCUT2D eigenvalue weighted by Gasteiger charge is -2.10. The van der Waals surface area contributed by atoms with E-state index in [0.717, 1.165) is 5.56 Å². The molecule has 0 saturated heterocycles. The fourth-order valence-electron chi connectivity index (χ4n) is 2.84. The lowest BCUT2D eigenvalue weighted by atomic mass is 10.1. The van der Waals surface area contributed by atoms with E-state index in [1.54, 1.807) is 43.6 Å². The second-order valence-electron chi connectivity index (χ2n) is 6.40. The second kappa shape index (κ2) is 8.87. The van der Waals surface area contributed by atoms with Crippen LogP contribution in [0.3, 0.4) is 0 Å². The topological polar surface area (TPSA) is 120 Å². The van der Waals surface area contributed by atoms with Crippen LogP contribution in [0.15, 0.2) is 59.7 Å². The largest absolute Gasteiger partial charge is 0.320 e. The van der Waals surface area contributed by atoms with Gasteiger partial charge in [0.1, 0.15) is 5.69 Å². The molecule has 1 N–H and O–H groups in total. The number of nitrogens with zero attached hydrogens (tertiary/aromatic N) is 4. The Morgan fingerprint density at radius 2 is 2.03 bits per heavy atom.